The summed E-state index contributed by atoms with van der Waals surface area (Å²) in [5.41, 5.74) is 7.77. The zero-order valence-electron chi connectivity index (χ0n) is 17.4. The molecule has 0 fully saturated rings. The number of thioether (sulfide) groups is 1. The van der Waals surface area contributed by atoms with Crippen LogP contribution in [-0.2, 0) is 9.59 Å². The van der Waals surface area contributed by atoms with Gasteiger partial charge in [0.1, 0.15) is 0 Å². The Balaban J connectivity index is 1.56. The summed E-state index contributed by atoms with van der Waals surface area (Å²) in [6.45, 7) is 1.80. The molecule has 0 bridgehead atoms. The zero-order valence-corrected chi connectivity index (χ0v) is 18.3. The number of nitrogens with one attached hydrogen (secondary N) is 2. The minimum atomic E-state index is -0.519. The molecule has 0 spiro atoms. The molecule has 3 aromatic rings. The second-order valence-electron chi connectivity index (χ2n) is 6.95. The third-order valence-corrected chi connectivity index (χ3v) is 5.54. The van der Waals surface area contributed by atoms with E-state index in [-0.39, 0.29) is 17.1 Å². The van der Waals surface area contributed by atoms with Crippen LogP contribution in [0.25, 0.3) is 6.08 Å². The summed E-state index contributed by atoms with van der Waals surface area (Å²) in [6, 6.07) is 23.3. The van der Waals surface area contributed by atoms with Crippen molar-refractivity contribution in [2.45, 2.75) is 17.1 Å². The maximum absolute atomic E-state index is 12.5. The first kappa shape index (κ1) is 22.8. The fourth-order valence-electron chi connectivity index (χ4n) is 2.79. The Bertz CT molecular complexity index is 1130. The van der Waals surface area contributed by atoms with Gasteiger partial charge in [0.2, 0.25) is 17.7 Å². The van der Waals surface area contributed by atoms with Gasteiger partial charge in [-0.1, -0.05) is 36.4 Å². The molecule has 3 aromatic carbocycles. The molecule has 0 aliphatic heterocycles. The van der Waals surface area contributed by atoms with E-state index in [1.54, 1.807) is 43.3 Å². The van der Waals surface area contributed by atoms with Gasteiger partial charge in [0.25, 0.3) is 0 Å². The zero-order chi connectivity index (χ0) is 22.9. The molecular weight excluding hydrogens is 422 g/mol. The molecule has 0 heterocycles. The average Bonchev–Trinajstić information content (AvgIpc) is 2.79. The Kier molecular flexibility index (Phi) is 7.83. The van der Waals surface area contributed by atoms with Crippen LogP contribution in [0, 0.1) is 0 Å². The lowest BCUT2D eigenvalue weighted by molar-refractivity contribution is -0.115. The summed E-state index contributed by atoms with van der Waals surface area (Å²) in [5.74, 6) is -0.933. The fraction of sp³-hybridized carbons (Fsp3) is 0.0800. The third-order valence-electron chi connectivity index (χ3n) is 4.45. The van der Waals surface area contributed by atoms with Crippen LogP contribution in [0.3, 0.4) is 0 Å². The topological polar surface area (TPSA) is 101 Å². The maximum Gasteiger partial charge on any atom is 0.248 e. The highest BCUT2D eigenvalue weighted by molar-refractivity contribution is 8.00. The van der Waals surface area contributed by atoms with E-state index >= 15 is 0 Å². The van der Waals surface area contributed by atoms with Crippen LogP contribution < -0.4 is 16.4 Å². The lowest BCUT2D eigenvalue weighted by atomic mass is 10.2. The SMILES string of the molecule is CC(Sc1cccc(NC(=O)/C=C/c2ccccc2)c1)C(=O)Nc1ccc(C(N)=O)cc1. The van der Waals surface area contributed by atoms with Crippen LogP contribution in [0.2, 0.25) is 0 Å². The van der Waals surface area contributed by atoms with E-state index in [0.29, 0.717) is 16.9 Å². The van der Waals surface area contributed by atoms with Crippen molar-refractivity contribution in [2.24, 2.45) is 5.73 Å². The molecule has 0 saturated carbocycles. The highest BCUT2D eigenvalue weighted by Gasteiger charge is 2.15. The predicted molar refractivity (Wildman–Crippen MR) is 129 cm³/mol. The van der Waals surface area contributed by atoms with E-state index in [0.717, 1.165) is 10.5 Å². The monoisotopic (exact) mass is 445 g/mol. The lowest BCUT2D eigenvalue weighted by Crippen LogP contribution is -2.22. The number of hydrogen-bond donors (Lipinski definition) is 3. The van der Waals surface area contributed by atoms with E-state index in [9.17, 15) is 14.4 Å². The smallest absolute Gasteiger partial charge is 0.248 e. The van der Waals surface area contributed by atoms with Crippen molar-refractivity contribution in [1.29, 1.82) is 0 Å². The molecule has 3 rings (SSSR count). The highest BCUT2D eigenvalue weighted by Crippen LogP contribution is 2.26. The van der Waals surface area contributed by atoms with Gasteiger partial charge >= 0.3 is 0 Å². The van der Waals surface area contributed by atoms with E-state index in [2.05, 4.69) is 10.6 Å². The van der Waals surface area contributed by atoms with E-state index in [1.807, 2.05) is 48.5 Å². The number of amides is 3. The maximum atomic E-state index is 12.5. The molecule has 162 valence electrons. The van der Waals surface area contributed by atoms with Gasteiger partial charge in [-0.15, -0.1) is 11.8 Å². The minimum absolute atomic E-state index is 0.179. The summed E-state index contributed by atoms with van der Waals surface area (Å²) in [7, 11) is 0. The van der Waals surface area contributed by atoms with Gasteiger partial charge < -0.3 is 16.4 Å². The summed E-state index contributed by atoms with van der Waals surface area (Å²) in [5, 5.41) is 5.27. The molecule has 0 aromatic heterocycles. The van der Waals surface area contributed by atoms with E-state index in [1.165, 1.54) is 17.8 Å². The quantitative estimate of drug-likeness (QED) is 0.349. The van der Waals surface area contributed by atoms with Gasteiger partial charge in [0.05, 0.1) is 5.25 Å². The van der Waals surface area contributed by atoms with Gasteiger partial charge in [-0.25, -0.2) is 0 Å². The van der Waals surface area contributed by atoms with Gasteiger partial charge in [-0.3, -0.25) is 14.4 Å². The summed E-state index contributed by atoms with van der Waals surface area (Å²) < 4.78 is 0. The highest BCUT2D eigenvalue weighted by atomic mass is 32.2. The van der Waals surface area contributed by atoms with Crippen molar-refractivity contribution in [3.05, 3.63) is 96.1 Å². The first-order valence-corrected chi connectivity index (χ1v) is 10.8. The van der Waals surface area contributed by atoms with Crippen LogP contribution in [0.5, 0.6) is 0 Å². The number of carbonyl (C=O) groups excluding carboxylic acids is 3. The molecule has 0 radical (unpaired) electrons. The molecule has 0 saturated heterocycles. The van der Waals surface area contributed by atoms with Crippen molar-refractivity contribution in [3.63, 3.8) is 0 Å². The van der Waals surface area contributed by atoms with Crippen molar-refractivity contribution in [3.8, 4) is 0 Å². The van der Waals surface area contributed by atoms with Crippen LogP contribution >= 0.6 is 11.8 Å². The largest absolute Gasteiger partial charge is 0.366 e. The minimum Gasteiger partial charge on any atom is -0.366 e. The van der Waals surface area contributed by atoms with Gasteiger partial charge in [-0.05, 0) is 61.0 Å². The Morgan fingerprint density at radius 1 is 0.875 bits per heavy atom. The number of hydrogen-bond acceptors (Lipinski definition) is 4. The van der Waals surface area contributed by atoms with Gasteiger partial charge in [-0.2, -0.15) is 0 Å². The normalized spacial score (nSPS) is 11.7. The molecule has 32 heavy (non-hydrogen) atoms. The van der Waals surface area contributed by atoms with Crippen LogP contribution in [0.15, 0.2) is 89.8 Å². The Morgan fingerprint density at radius 3 is 2.28 bits per heavy atom. The van der Waals surface area contributed by atoms with Crippen LogP contribution in [-0.4, -0.2) is 23.0 Å². The molecule has 6 nitrogen and oxygen atoms in total. The summed E-state index contributed by atoms with van der Waals surface area (Å²) in [4.78, 5) is 36.7. The molecule has 1 atom stereocenters. The number of benzene rings is 3. The average molecular weight is 446 g/mol. The number of anilines is 2. The Morgan fingerprint density at radius 2 is 1.59 bits per heavy atom. The summed E-state index contributed by atoms with van der Waals surface area (Å²) in [6.07, 6.45) is 3.23. The van der Waals surface area contributed by atoms with Crippen molar-refractivity contribution in [1.82, 2.24) is 0 Å². The third kappa shape index (κ3) is 6.85. The molecule has 0 aliphatic rings. The molecular formula is C25H23N3O3S. The number of nitrogens with two attached hydrogens (primary N) is 1. The number of primary amides is 1. The molecule has 1 unspecified atom stereocenters. The van der Waals surface area contributed by atoms with Crippen molar-refractivity contribution >= 4 is 46.9 Å². The predicted octanol–water partition coefficient (Wildman–Crippen LogP) is 4.56. The van der Waals surface area contributed by atoms with Crippen LogP contribution in [0.4, 0.5) is 11.4 Å². The molecule has 7 heteroatoms. The number of rotatable bonds is 8. The van der Waals surface area contributed by atoms with E-state index < -0.39 is 5.91 Å². The van der Waals surface area contributed by atoms with Crippen LogP contribution in [0.1, 0.15) is 22.8 Å². The second kappa shape index (κ2) is 11.0. The Labute approximate surface area is 190 Å². The van der Waals surface area contributed by atoms with E-state index in [4.69, 9.17) is 5.73 Å². The van der Waals surface area contributed by atoms with Gasteiger partial charge in [0.15, 0.2) is 0 Å². The first-order valence-electron chi connectivity index (χ1n) is 9.92. The van der Waals surface area contributed by atoms with Crippen molar-refractivity contribution in [2.75, 3.05) is 10.6 Å². The molecule has 4 N–H and O–H groups in total. The summed E-state index contributed by atoms with van der Waals surface area (Å²) >= 11 is 1.37. The van der Waals surface area contributed by atoms with Gasteiger partial charge in [0, 0.05) is 27.9 Å². The first-order chi connectivity index (χ1) is 15.4. The van der Waals surface area contributed by atoms with Crippen molar-refractivity contribution < 1.29 is 14.4 Å². The Hall–Kier alpha value is -3.84. The fourth-order valence-corrected chi connectivity index (χ4v) is 3.71. The second-order valence-corrected chi connectivity index (χ2v) is 8.37. The molecule has 0 aliphatic carbocycles. The standard InChI is InChI=1S/C25H23N3O3S/c1-17(25(31)28-20-13-11-19(12-14-20)24(26)30)32-22-9-5-8-21(16-22)27-23(29)15-10-18-6-3-2-4-7-18/h2-17H,1H3,(H2,26,30)(H,27,29)(H,28,31)/b15-10+. The molecule has 3 amide bonds. The number of carbonyl (C=O) groups is 3. The lowest BCUT2D eigenvalue weighted by Gasteiger charge is -2.13.